The van der Waals surface area contributed by atoms with Crippen LogP contribution in [0.15, 0.2) is 18.2 Å². The topological polar surface area (TPSA) is 96.3 Å². The van der Waals surface area contributed by atoms with Crippen LogP contribution in [0.5, 0.6) is 11.5 Å². The standard InChI is InChI=1S/C14H19NO6/c1-9(15(7-13(16)17)8-14(18)19)11-6-10(20-2)4-5-12(11)21-3/h4-6,9H,7-8H2,1-3H3,(H,16,17)(H,18,19). The van der Waals surface area contributed by atoms with Gasteiger partial charge in [0.25, 0.3) is 0 Å². The fourth-order valence-corrected chi connectivity index (χ4v) is 2.04. The molecular weight excluding hydrogens is 278 g/mol. The van der Waals surface area contributed by atoms with Crippen LogP contribution in [-0.2, 0) is 9.59 Å². The number of carboxylic acids is 2. The van der Waals surface area contributed by atoms with Crippen molar-refractivity contribution in [3.05, 3.63) is 23.8 Å². The van der Waals surface area contributed by atoms with E-state index in [1.54, 1.807) is 25.1 Å². The molecule has 0 amide bonds. The quantitative estimate of drug-likeness (QED) is 0.745. The third kappa shape index (κ3) is 4.64. The molecule has 0 aliphatic carbocycles. The average molecular weight is 297 g/mol. The molecule has 2 N–H and O–H groups in total. The van der Waals surface area contributed by atoms with Gasteiger partial charge in [0.1, 0.15) is 11.5 Å². The third-order valence-electron chi connectivity index (χ3n) is 3.11. The van der Waals surface area contributed by atoms with Crippen LogP contribution in [0.2, 0.25) is 0 Å². The molecule has 116 valence electrons. The van der Waals surface area contributed by atoms with Crippen molar-refractivity contribution in [1.29, 1.82) is 0 Å². The number of ether oxygens (including phenoxy) is 2. The largest absolute Gasteiger partial charge is 0.497 e. The fraction of sp³-hybridized carbons (Fsp3) is 0.429. The summed E-state index contributed by atoms with van der Waals surface area (Å²) in [6.07, 6.45) is 0. The van der Waals surface area contributed by atoms with Crippen molar-refractivity contribution in [2.75, 3.05) is 27.3 Å². The summed E-state index contributed by atoms with van der Waals surface area (Å²) in [6.45, 7) is 0.963. The third-order valence-corrected chi connectivity index (χ3v) is 3.11. The Bertz CT molecular complexity index is 500. The molecule has 0 radical (unpaired) electrons. The van der Waals surface area contributed by atoms with Gasteiger partial charge in [-0.15, -0.1) is 0 Å². The Hall–Kier alpha value is -2.28. The van der Waals surface area contributed by atoms with Gasteiger partial charge in [-0.05, 0) is 25.1 Å². The van der Waals surface area contributed by atoms with E-state index in [9.17, 15) is 9.59 Å². The molecule has 1 rings (SSSR count). The van der Waals surface area contributed by atoms with Gasteiger partial charge in [0, 0.05) is 11.6 Å². The molecule has 0 saturated carbocycles. The molecule has 7 nitrogen and oxygen atoms in total. The van der Waals surface area contributed by atoms with Crippen LogP contribution >= 0.6 is 0 Å². The van der Waals surface area contributed by atoms with E-state index in [0.29, 0.717) is 17.1 Å². The molecule has 0 aromatic heterocycles. The van der Waals surface area contributed by atoms with E-state index in [0.717, 1.165) is 0 Å². The van der Waals surface area contributed by atoms with E-state index >= 15 is 0 Å². The van der Waals surface area contributed by atoms with Crippen LogP contribution in [0.1, 0.15) is 18.5 Å². The van der Waals surface area contributed by atoms with Gasteiger partial charge in [0.05, 0.1) is 27.3 Å². The number of carbonyl (C=O) groups is 2. The van der Waals surface area contributed by atoms with E-state index in [4.69, 9.17) is 19.7 Å². The first-order valence-electron chi connectivity index (χ1n) is 6.28. The highest BCUT2D eigenvalue weighted by Gasteiger charge is 2.24. The molecule has 0 fully saturated rings. The van der Waals surface area contributed by atoms with Crippen molar-refractivity contribution >= 4 is 11.9 Å². The lowest BCUT2D eigenvalue weighted by molar-refractivity contribution is -0.142. The average Bonchev–Trinajstić information content (AvgIpc) is 2.44. The molecule has 1 unspecified atom stereocenters. The molecule has 0 aliphatic heterocycles. The van der Waals surface area contributed by atoms with E-state index in [2.05, 4.69) is 0 Å². The van der Waals surface area contributed by atoms with Gasteiger partial charge in [-0.1, -0.05) is 0 Å². The summed E-state index contributed by atoms with van der Waals surface area (Å²) in [7, 11) is 3.01. The second-order valence-electron chi connectivity index (χ2n) is 4.48. The van der Waals surface area contributed by atoms with Crippen LogP contribution < -0.4 is 9.47 Å². The smallest absolute Gasteiger partial charge is 0.317 e. The van der Waals surface area contributed by atoms with E-state index in [1.807, 2.05) is 0 Å². The fourth-order valence-electron chi connectivity index (χ4n) is 2.04. The van der Waals surface area contributed by atoms with Gasteiger partial charge in [0.2, 0.25) is 0 Å². The highest BCUT2D eigenvalue weighted by Crippen LogP contribution is 2.32. The van der Waals surface area contributed by atoms with Crippen molar-refractivity contribution in [3.63, 3.8) is 0 Å². The number of aliphatic carboxylic acids is 2. The van der Waals surface area contributed by atoms with Gasteiger partial charge in [0.15, 0.2) is 0 Å². The molecule has 0 heterocycles. The zero-order valence-electron chi connectivity index (χ0n) is 12.2. The summed E-state index contributed by atoms with van der Waals surface area (Å²) in [5, 5.41) is 17.9. The Morgan fingerprint density at radius 2 is 1.71 bits per heavy atom. The minimum Gasteiger partial charge on any atom is -0.497 e. The maximum absolute atomic E-state index is 10.9. The maximum atomic E-state index is 10.9. The molecule has 0 saturated heterocycles. The Labute approximate surface area is 122 Å². The lowest BCUT2D eigenvalue weighted by Gasteiger charge is -2.27. The second kappa shape index (κ2) is 7.49. The first kappa shape index (κ1) is 16.8. The highest BCUT2D eigenvalue weighted by atomic mass is 16.5. The van der Waals surface area contributed by atoms with Crippen molar-refractivity contribution < 1.29 is 29.3 Å². The van der Waals surface area contributed by atoms with Gasteiger partial charge in [-0.25, -0.2) is 0 Å². The van der Waals surface area contributed by atoms with Crippen LogP contribution in [0.4, 0.5) is 0 Å². The summed E-state index contributed by atoms with van der Waals surface area (Å²) in [6, 6.07) is 4.67. The summed E-state index contributed by atoms with van der Waals surface area (Å²) >= 11 is 0. The van der Waals surface area contributed by atoms with E-state index < -0.39 is 18.0 Å². The monoisotopic (exact) mass is 297 g/mol. The van der Waals surface area contributed by atoms with Crippen molar-refractivity contribution in [3.8, 4) is 11.5 Å². The van der Waals surface area contributed by atoms with Crippen molar-refractivity contribution in [1.82, 2.24) is 4.90 Å². The van der Waals surface area contributed by atoms with Crippen LogP contribution in [0.3, 0.4) is 0 Å². The summed E-state index contributed by atoms with van der Waals surface area (Å²) in [5.41, 5.74) is 0.666. The number of carboxylic acid groups (broad SMARTS) is 2. The number of methoxy groups -OCH3 is 2. The number of nitrogens with zero attached hydrogens (tertiary/aromatic N) is 1. The molecule has 21 heavy (non-hydrogen) atoms. The number of benzene rings is 1. The predicted octanol–water partition coefficient (Wildman–Crippen LogP) is 1.24. The number of hydrogen-bond acceptors (Lipinski definition) is 5. The lowest BCUT2D eigenvalue weighted by Crippen LogP contribution is -2.36. The summed E-state index contributed by atoms with van der Waals surface area (Å²) in [4.78, 5) is 23.2. The summed E-state index contributed by atoms with van der Waals surface area (Å²) in [5.74, 6) is -1.05. The van der Waals surface area contributed by atoms with Gasteiger partial charge in [-0.2, -0.15) is 0 Å². The molecule has 1 aromatic rings. The Morgan fingerprint density at radius 3 is 2.14 bits per heavy atom. The Morgan fingerprint density at radius 1 is 1.14 bits per heavy atom. The molecular formula is C14H19NO6. The van der Waals surface area contributed by atoms with E-state index in [-0.39, 0.29) is 13.1 Å². The first-order chi connectivity index (χ1) is 9.88. The first-order valence-corrected chi connectivity index (χ1v) is 6.28. The molecule has 0 spiro atoms. The van der Waals surface area contributed by atoms with Crippen LogP contribution in [0.25, 0.3) is 0 Å². The Kier molecular flexibility index (Phi) is 5.98. The predicted molar refractivity (Wildman–Crippen MR) is 74.8 cm³/mol. The normalized spacial score (nSPS) is 12.0. The van der Waals surface area contributed by atoms with Gasteiger partial charge in [-0.3, -0.25) is 14.5 Å². The van der Waals surface area contributed by atoms with Crippen LogP contribution in [-0.4, -0.2) is 54.4 Å². The molecule has 1 aromatic carbocycles. The minimum absolute atomic E-state index is 0.381. The highest BCUT2D eigenvalue weighted by molar-refractivity contribution is 5.72. The molecule has 0 bridgehead atoms. The van der Waals surface area contributed by atoms with Crippen LogP contribution in [0, 0.1) is 0 Å². The Balaban J connectivity index is 3.13. The SMILES string of the molecule is COc1ccc(OC)c(C(C)N(CC(=O)O)CC(=O)O)c1. The maximum Gasteiger partial charge on any atom is 0.317 e. The van der Waals surface area contributed by atoms with Crippen molar-refractivity contribution in [2.45, 2.75) is 13.0 Å². The zero-order chi connectivity index (χ0) is 16.0. The summed E-state index contributed by atoms with van der Waals surface area (Å²) < 4.78 is 10.4. The van der Waals surface area contributed by atoms with Gasteiger partial charge < -0.3 is 19.7 Å². The number of rotatable bonds is 8. The van der Waals surface area contributed by atoms with Gasteiger partial charge >= 0.3 is 11.9 Å². The van der Waals surface area contributed by atoms with E-state index in [1.165, 1.54) is 19.1 Å². The molecule has 1 atom stereocenters. The van der Waals surface area contributed by atoms with Crippen molar-refractivity contribution in [2.24, 2.45) is 0 Å². The zero-order valence-corrected chi connectivity index (χ0v) is 12.2. The number of hydrogen-bond donors (Lipinski definition) is 2. The second-order valence-corrected chi connectivity index (χ2v) is 4.48. The minimum atomic E-state index is -1.09. The molecule has 7 heteroatoms. The molecule has 0 aliphatic rings. The lowest BCUT2D eigenvalue weighted by atomic mass is 10.0.